The van der Waals surface area contributed by atoms with E-state index in [0.29, 0.717) is 5.41 Å². The molecule has 0 aliphatic heterocycles. The molecule has 1 N–H and O–H groups in total. The van der Waals surface area contributed by atoms with Gasteiger partial charge < -0.3 is 9.84 Å². The van der Waals surface area contributed by atoms with Crippen LogP contribution in [0.25, 0.3) is 21.9 Å². The van der Waals surface area contributed by atoms with Gasteiger partial charge in [0.05, 0.1) is 7.11 Å². The molecule has 33 heavy (non-hydrogen) atoms. The van der Waals surface area contributed by atoms with Gasteiger partial charge in [-0.3, -0.25) is 0 Å². The maximum absolute atomic E-state index is 9.72. The second-order valence-electron chi connectivity index (χ2n) is 11.0. The van der Waals surface area contributed by atoms with Crippen LogP contribution in [0.3, 0.4) is 0 Å². The fraction of sp³-hybridized carbons (Fsp3) is 0.433. The molecule has 0 radical (unpaired) electrons. The number of benzene rings is 3. The highest BCUT2D eigenvalue weighted by Crippen LogP contribution is 2.62. The fourth-order valence-corrected chi connectivity index (χ4v) is 7.73. The summed E-state index contributed by atoms with van der Waals surface area (Å²) < 4.78 is 5.92. The highest BCUT2D eigenvalue weighted by atomic mass is 32.1. The van der Waals surface area contributed by atoms with Crippen LogP contribution in [0.4, 0.5) is 0 Å². The van der Waals surface area contributed by atoms with Gasteiger partial charge in [0.2, 0.25) is 0 Å². The van der Waals surface area contributed by atoms with Crippen LogP contribution in [0, 0.1) is 17.8 Å². The Bertz CT molecular complexity index is 1210. The first kappa shape index (κ1) is 21.2. The van der Waals surface area contributed by atoms with Crippen molar-refractivity contribution >= 4 is 28.0 Å². The third-order valence-corrected chi connectivity index (χ3v) is 9.23. The van der Waals surface area contributed by atoms with Gasteiger partial charge in [-0.15, -0.1) is 0 Å². The van der Waals surface area contributed by atoms with Crippen LogP contribution in [0.1, 0.15) is 62.5 Å². The van der Waals surface area contributed by atoms with E-state index in [2.05, 4.69) is 54.6 Å². The molecule has 4 aliphatic carbocycles. The molecule has 0 heterocycles. The number of fused-ring (bicyclic) bond motifs is 1. The highest BCUT2D eigenvalue weighted by molar-refractivity contribution is 7.80. The predicted octanol–water partition coefficient (Wildman–Crippen LogP) is 7.97. The molecule has 1 unspecified atom stereocenters. The average molecular weight is 457 g/mol. The lowest BCUT2D eigenvalue weighted by molar-refractivity contribution is -0.00613. The topological polar surface area (TPSA) is 29.5 Å². The number of aliphatic hydroxyl groups is 1. The van der Waals surface area contributed by atoms with Gasteiger partial charge in [0.15, 0.2) is 5.05 Å². The number of ether oxygens (including phenoxy) is 1. The van der Waals surface area contributed by atoms with Crippen LogP contribution in [0.15, 0.2) is 54.6 Å². The number of thiocarbonyl (C=S) groups is 1. The largest absolute Gasteiger partial charge is 0.502 e. The van der Waals surface area contributed by atoms with E-state index in [1.54, 1.807) is 0 Å². The van der Waals surface area contributed by atoms with Crippen LogP contribution >= 0.6 is 12.2 Å². The summed E-state index contributed by atoms with van der Waals surface area (Å²) >= 11 is 4.98. The zero-order chi connectivity index (χ0) is 22.7. The third-order valence-electron chi connectivity index (χ3n) is 8.88. The van der Waals surface area contributed by atoms with Crippen molar-refractivity contribution in [1.82, 2.24) is 0 Å². The van der Waals surface area contributed by atoms with Crippen molar-refractivity contribution in [3.8, 4) is 16.9 Å². The van der Waals surface area contributed by atoms with Gasteiger partial charge in [-0.1, -0.05) is 43.3 Å². The summed E-state index contributed by atoms with van der Waals surface area (Å²) in [5, 5.41) is 12.1. The van der Waals surface area contributed by atoms with E-state index in [0.717, 1.165) is 29.1 Å². The number of hydrogen-bond acceptors (Lipinski definition) is 2. The van der Waals surface area contributed by atoms with Gasteiger partial charge >= 0.3 is 0 Å². The smallest absolute Gasteiger partial charge is 0.163 e. The Kier molecular flexibility index (Phi) is 5.03. The van der Waals surface area contributed by atoms with Crippen molar-refractivity contribution in [1.29, 1.82) is 0 Å². The van der Waals surface area contributed by atoms with E-state index in [1.807, 2.05) is 14.0 Å². The Hall–Kier alpha value is -2.39. The molecule has 4 fully saturated rings. The molecule has 2 nitrogen and oxygen atoms in total. The summed E-state index contributed by atoms with van der Waals surface area (Å²) in [6.45, 7) is 1.95. The monoisotopic (exact) mass is 456 g/mol. The molecule has 3 aromatic carbocycles. The normalized spacial score (nSPS) is 28.7. The first-order valence-corrected chi connectivity index (χ1v) is 12.8. The molecule has 3 heteroatoms. The third kappa shape index (κ3) is 3.56. The van der Waals surface area contributed by atoms with Crippen LogP contribution in [0.2, 0.25) is 0 Å². The van der Waals surface area contributed by atoms with Crippen molar-refractivity contribution in [3.63, 3.8) is 0 Å². The standard InChI is InChI=1S/C30H32O2S/c1-18(29(31)33)22-3-4-24-13-25(6-5-23(24)12-22)26-7-8-28(32-2)27(14-26)30-15-19-9-20(16-30)11-21(10-19)17-30/h3-8,12-14,18-21H,9-11,15-17H2,1-2H3,(H,31,33). The van der Waals surface area contributed by atoms with Gasteiger partial charge in [0.25, 0.3) is 0 Å². The maximum atomic E-state index is 9.72. The Morgan fingerprint density at radius 3 is 2.09 bits per heavy atom. The van der Waals surface area contributed by atoms with E-state index in [4.69, 9.17) is 17.0 Å². The molecule has 4 aliphatic rings. The molecule has 4 bridgehead atoms. The minimum absolute atomic E-state index is 0.0430. The predicted molar refractivity (Wildman–Crippen MR) is 139 cm³/mol. The lowest BCUT2D eigenvalue weighted by Crippen LogP contribution is -2.48. The van der Waals surface area contributed by atoms with E-state index in [1.165, 1.54) is 66.0 Å². The summed E-state index contributed by atoms with van der Waals surface area (Å²) in [5.74, 6) is 3.67. The van der Waals surface area contributed by atoms with Crippen LogP contribution in [-0.4, -0.2) is 17.3 Å². The summed E-state index contributed by atoms with van der Waals surface area (Å²) in [6, 6.07) is 19.9. The number of aliphatic hydroxyl groups excluding tert-OH is 1. The lowest BCUT2D eigenvalue weighted by atomic mass is 9.48. The van der Waals surface area contributed by atoms with Crippen LogP contribution < -0.4 is 4.74 Å². The van der Waals surface area contributed by atoms with Crippen molar-refractivity contribution < 1.29 is 9.84 Å². The van der Waals surface area contributed by atoms with Crippen molar-refractivity contribution in [2.45, 2.75) is 56.8 Å². The summed E-state index contributed by atoms with van der Waals surface area (Å²) in [6.07, 6.45) is 8.37. The molecule has 1 atom stereocenters. The minimum atomic E-state index is -0.131. The molecule has 0 aromatic heterocycles. The van der Waals surface area contributed by atoms with Crippen molar-refractivity contribution in [2.24, 2.45) is 17.8 Å². The highest BCUT2D eigenvalue weighted by Gasteiger charge is 2.52. The van der Waals surface area contributed by atoms with Crippen LogP contribution in [0.5, 0.6) is 5.75 Å². The SMILES string of the molecule is COc1ccc(-c2ccc3cc(C(C)C(O)=S)ccc3c2)cc1C12CC3CC(CC(C3)C1)C2. The maximum Gasteiger partial charge on any atom is 0.163 e. The molecule has 4 saturated carbocycles. The number of methoxy groups -OCH3 is 1. The summed E-state index contributed by atoms with van der Waals surface area (Å²) in [4.78, 5) is 0. The van der Waals surface area contributed by atoms with Crippen molar-refractivity contribution in [2.75, 3.05) is 7.11 Å². The molecule has 3 aromatic rings. The molecular weight excluding hydrogens is 424 g/mol. The van der Waals surface area contributed by atoms with Crippen LogP contribution in [-0.2, 0) is 5.41 Å². The average Bonchev–Trinajstić information content (AvgIpc) is 2.81. The van der Waals surface area contributed by atoms with E-state index < -0.39 is 0 Å². The van der Waals surface area contributed by atoms with Gasteiger partial charge in [0.1, 0.15) is 5.75 Å². The van der Waals surface area contributed by atoms with E-state index >= 15 is 0 Å². The molecular formula is C30H32O2S. The van der Waals surface area contributed by atoms with Crippen molar-refractivity contribution in [3.05, 3.63) is 65.7 Å². The Morgan fingerprint density at radius 2 is 1.45 bits per heavy atom. The van der Waals surface area contributed by atoms with E-state index in [9.17, 15) is 5.11 Å². The second-order valence-corrected chi connectivity index (χ2v) is 11.4. The molecule has 170 valence electrons. The van der Waals surface area contributed by atoms with Gasteiger partial charge in [-0.2, -0.15) is 0 Å². The second kappa shape index (κ2) is 7.84. The summed E-state index contributed by atoms with van der Waals surface area (Å²) in [5.41, 5.74) is 5.33. The quantitative estimate of drug-likeness (QED) is 0.395. The Labute approximate surface area is 202 Å². The number of rotatable bonds is 5. The summed E-state index contributed by atoms with van der Waals surface area (Å²) in [7, 11) is 1.83. The molecule has 0 spiro atoms. The Morgan fingerprint density at radius 1 is 0.879 bits per heavy atom. The Balaban J connectivity index is 1.39. The molecule has 0 saturated heterocycles. The molecule has 0 amide bonds. The molecule has 7 rings (SSSR count). The first-order valence-electron chi connectivity index (χ1n) is 12.4. The van der Waals surface area contributed by atoms with Gasteiger partial charge in [0, 0.05) is 11.5 Å². The van der Waals surface area contributed by atoms with Gasteiger partial charge in [-0.05, 0) is 120 Å². The zero-order valence-corrected chi connectivity index (χ0v) is 20.3. The fourth-order valence-electron chi connectivity index (χ4n) is 7.60. The van der Waals surface area contributed by atoms with Gasteiger partial charge in [-0.25, -0.2) is 0 Å². The first-order chi connectivity index (χ1) is 15.9. The van der Waals surface area contributed by atoms with E-state index in [-0.39, 0.29) is 11.0 Å². The lowest BCUT2D eigenvalue weighted by Gasteiger charge is -2.57. The number of hydrogen-bond donors (Lipinski definition) is 1. The zero-order valence-electron chi connectivity index (χ0n) is 19.5. The minimum Gasteiger partial charge on any atom is -0.502 e.